The monoisotopic (exact) mass is 255 g/mol. The first kappa shape index (κ1) is 14.8. The van der Waals surface area contributed by atoms with Crippen molar-refractivity contribution in [3.63, 3.8) is 0 Å². The normalized spacial score (nSPS) is 10.4. The zero-order valence-electron chi connectivity index (χ0n) is 11.0. The minimum Gasteiger partial charge on any atom is -0.497 e. The van der Waals surface area contributed by atoms with E-state index in [0.717, 1.165) is 17.1 Å². The summed E-state index contributed by atoms with van der Waals surface area (Å²) in [5.74, 6) is 1.58. The first-order chi connectivity index (χ1) is 8.81. The third-order valence-electron chi connectivity index (χ3n) is 2.38. The molecule has 0 amide bonds. The fourth-order valence-corrected chi connectivity index (χ4v) is 1.48. The molecule has 5 nitrogen and oxygen atoms in total. The van der Waals surface area contributed by atoms with Gasteiger partial charge in [-0.2, -0.15) is 0 Å². The molecule has 0 aliphatic rings. The summed E-state index contributed by atoms with van der Waals surface area (Å²) in [7, 11) is 3.27. The maximum atomic E-state index is 5.51. The first-order valence-corrected chi connectivity index (χ1v) is 5.88. The van der Waals surface area contributed by atoms with Crippen LogP contribution < -0.4 is 15.2 Å². The van der Waals surface area contributed by atoms with Crippen LogP contribution in [0.15, 0.2) is 18.2 Å². The van der Waals surface area contributed by atoms with Crippen molar-refractivity contribution in [2.75, 3.05) is 40.6 Å². The molecule has 0 saturated carbocycles. The van der Waals surface area contributed by atoms with E-state index in [4.69, 9.17) is 24.7 Å². The highest BCUT2D eigenvalue weighted by Crippen LogP contribution is 2.24. The lowest BCUT2D eigenvalue weighted by molar-refractivity contribution is 0.0426. The quantitative estimate of drug-likeness (QED) is 0.672. The Kier molecular flexibility index (Phi) is 7.17. The van der Waals surface area contributed by atoms with Gasteiger partial charge in [0.25, 0.3) is 0 Å². The summed E-state index contributed by atoms with van der Waals surface area (Å²) in [5.41, 5.74) is 6.26. The molecule has 0 radical (unpaired) electrons. The lowest BCUT2D eigenvalue weighted by atomic mass is 10.2. The van der Waals surface area contributed by atoms with Crippen molar-refractivity contribution < 1.29 is 18.9 Å². The Hall–Kier alpha value is -1.30. The van der Waals surface area contributed by atoms with Crippen LogP contribution in [0.4, 0.5) is 0 Å². The van der Waals surface area contributed by atoms with E-state index < -0.39 is 0 Å². The van der Waals surface area contributed by atoms with Gasteiger partial charge in [0.2, 0.25) is 0 Å². The van der Waals surface area contributed by atoms with Crippen LogP contribution in [0.25, 0.3) is 0 Å². The summed E-state index contributed by atoms with van der Waals surface area (Å²) in [5, 5.41) is 0. The predicted octanol–water partition coefficient (Wildman–Crippen LogP) is 1.20. The van der Waals surface area contributed by atoms with Gasteiger partial charge in [-0.3, -0.25) is 0 Å². The molecule has 102 valence electrons. The van der Waals surface area contributed by atoms with Crippen molar-refractivity contribution in [2.45, 2.75) is 6.61 Å². The Morgan fingerprint density at radius 2 is 1.78 bits per heavy atom. The molecule has 0 saturated heterocycles. The number of hydrogen-bond acceptors (Lipinski definition) is 5. The van der Waals surface area contributed by atoms with Crippen LogP contribution in [0.3, 0.4) is 0 Å². The second kappa shape index (κ2) is 8.74. The van der Waals surface area contributed by atoms with Crippen LogP contribution in [0.2, 0.25) is 0 Å². The van der Waals surface area contributed by atoms with E-state index in [1.54, 1.807) is 14.2 Å². The van der Waals surface area contributed by atoms with E-state index in [-0.39, 0.29) is 0 Å². The Morgan fingerprint density at radius 1 is 1.00 bits per heavy atom. The summed E-state index contributed by atoms with van der Waals surface area (Å²) < 4.78 is 21.1. The Labute approximate surface area is 108 Å². The molecule has 0 aliphatic carbocycles. The van der Waals surface area contributed by atoms with Crippen LogP contribution in [-0.4, -0.2) is 40.6 Å². The molecule has 18 heavy (non-hydrogen) atoms. The molecule has 2 N–H and O–H groups in total. The van der Waals surface area contributed by atoms with Gasteiger partial charge in [0.15, 0.2) is 0 Å². The second-order valence-electron chi connectivity index (χ2n) is 3.63. The second-order valence-corrected chi connectivity index (χ2v) is 3.63. The number of benzene rings is 1. The summed E-state index contributed by atoms with van der Waals surface area (Å²) >= 11 is 0. The van der Waals surface area contributed by atoms with E-state index in [1.165, 1.54) is 0 Å². The lowest BCUT2D eigenvalue weighted by Gasteiger charge is -2.11. The van der Waals surface area contributed by atoms with E-state index in [9.17, 15) is 0 Å². The van der Waals surface area contributed by atoms with Crippen molar-refractivity contribution in [3.8, 4) is 11.5 Å². The first-order valence-electron chi connectivity index (χ1n) is 5.88. The molecule has 0 aromatic heterocycles. The summed E-state index contributed by atoms with van der Waals surface area (Å²) in [6.45, 7) is 2.63. The van der Waals surface area contributed by atoms with Gasteiger partial charge in [-0.1, -0.05) is 0 Å². The average molecular weight is 255 g/mol. The summed E-state index contributed by atoms with van der Waals surface area (Å²) in [4.78, 5) is 0. The van der Waals surface area contributed by atoms with Gasteiger partial charge in [-0.15, -0.1) is 0 Å². The third-order valence-corrected chi connectivity index (χ3v) is 2.38. The van der Waals surface area contributed by atoms with Gasteiger partial charge >= 0.3 is 0 Å². The number of hydrogen-bond donors (Lipinski definition) is 1. The minimum atomic E-state index is 0.465. The molecule has 0 atom stereocenters. The van der Waals surface area contributed by atoms with Crippen LogP contribution in [0.5, 0.6) is 11.5 Å². The molecular weight excluding hydrogens is 234 g/mol. The van der Waals surface area contributed by atoms with Crippen LogP contribution >= 0.6 is 0 Å². The van der Waals surface area contributed by atoms with Gasteiger partial charge in [-0.25, -0.2) is 0 Å². The fraction of sp³-hybridized carbons (Fsp3) is 0.538. The van der Waals surface area contributed by atoms with Crippen molar-refractivity contribution in [1.29, 1.82) is 0 Å². The molecular formula is C13H21NO4. The number of nitrogens with two attached hydrogens (primary N) is 1. The van der Waals surface area contributed by atoms with E-state index >= 15 is 0 Å². The topological polar surface area (TPSA) is 62.9 Å². The summed E-state index contributed by atoms with van der Waals surface area (Å²) in [6, 6.07) is 5.62. The average Bonchev–Trinajstić information content (AvgIpc) is 2.42. The Morgan fingerprint density at radius 3 is 2.44 bits per heavy atom. The van der Waals surface area contributed by atoms with Gasteiger partial charge in [0.1, 0.15) is 11.5 Å². The zero-order chi connectivity index (χ0) is 13.2. The van der Waals surface area contributed by atoms with Gasteiger partial charge in [0, 0.05) is 12.1 Å². The standard InChI is InChI=1S/C13H21NO4/c1-15-12-3-4-13(16-2)11(9-12)10-18-8-7-17-6-5-14/h3-4,9H,5-8,10,14H2,1-2H3. The van der Waals surface area contributed by atoms with E-state index in [0.29, 0.717) is 33.0 Å². The Bertz CT molecular complexity index is 344. The number of rotatable bonds is 9. The van der Waals surface area contributed by atoms with Crippen molar-refractivity contribution in [3.05, 3.63) is 23.8 Å². The molecule has 0 bridgehead atoms. The molecule has 1 rings (SSSR count). The zero-order valence-corrected chi connectivity index (χ0v) is 11.0. The number of ether oxygens (including phenoxy) is 4. The number of methoxy groups -OCH3 is 2. The molecule has 0 heterocycles. The third kappa shape index (κ3) is 4.91. The SMILES string of the molecule is COc1ccc(OC)c(COCCOCCN)c1. The highest BCUT2D eigenvalue weighted by Gasteiger charge is 2.05. The molecule has 0 fully saturated rings. The van der Waals surface area contributed by atoms with Crippen LogP contribution in [-0.2, 0) is 16.1 Å². The van der Waals surface area contributed by atoms with E-state index in [2.05, 4.69) is 0 Å². The molecule has 0 unspecified atom stereocenters. The van der Waals surface area contributed by atoms with Crippen molar-refractivity contribution >= 4 is 0 Å². The van der Waals surface area contributed by atoms with Gasteiger partial charge < -0.3 is 24.7 Å². The highest BCUT2D eigenvalue weighted by atomic mass is 16.5. The van der Waals surface area contributed by atoms with Gasteiger partial charge in [0.05, 0.1) is 40.6 Å². The summed E-state index contributed by atoms with van der Waals surface area (Å²) in [6.07, 6.45) is 0. The van der Waals surface area contributed by atoms with Crippen molar-refractivity contribution in [2.24, 2.45) is 5.73 Å². The maximum Gasteiger partial charge on any atom is 0.124 e. The van der Waals surface area contributed by atoms with Crippen molar-refractivity contribution in [1.82, 2.24) is 0 Å². The highest BCUT2D eigenvalue weighted by molar-refractivity contribution is 5.39. The van der Waals surface area contributed by atoms with Crippen LogP contribution in [0.1, 0.15) is 5.56 Å². The maximum absolute atomic E-state index is 5.51. The smallest absolute Gasteiger partial charge is 0.124 e. The lowest BCUT2D eigenvalue weighted by Crippen LogP contribution is -2.12. The minimum absolute atomic E-state index is 0.465. The molecule has 0 spiro atoms. The van der Waals surface area contributed by atoms with Crippen LogP contribution in [0, 0.1) is 0 Å². The predicted molar refractivity (Wildman–Crippen MR) is 69.1 cm³/mol. The Balaban J connectivity index is 2.39. The molecule has 1 aromatic carbocycles. The molecule has 0 aliphatic heterocycles. The van der Waals surface area contributed by atoms with Gasteiger partial charge in [-0.05, 0) is 18.2 Å². The fourth-order valence-electron chi connectivity index (χ4n) is 1.48. The molecule has 5 heteroatoms. The molecule has 1 aromatic rings. The largest absolute Gasteiger partial charge is 0.497 e. The van der Waals surface area contributed by atoms with E-state index in [1.807, 2.05) is 18.2 Å².